The second kappa shape index (κ2) is 10.4. The van der Waals surface area contributed by atoms with Crippen LogP contribution in [0.5, 0.6) is 0 Å². The zero-order valence-corrected chi connectivity index (χ0v) is 26.8. The van der Waals surface area contributed by atoms with Gasteiger partial charge in [-0.1, -0.05) is 84.0 Å². The van der Waals surface area contributed by atoms with Crippen molar-refractivity contribution in [2.45, 2.75) is 111 Å². The van der Waals surface area contributed by atoms with Crippen molar-refractivity contribution in [2.75, 3.05) is 0 Å². The average Bonchev–Trinajstić information content (AvgIpc) is 3.33. The Balaban J connectivity index is 1.40. The molecule has 7 rings (SSSR count). The van der Waals surface area contributed by atoms with Gasteiger partial charge in [0.25, 0.3) is 5.91 Å². The molecule has 3 saturated carbocycles. The largest absolute Gasteiger partial charge is 0.462 e. The normalized spacial score (nSPS) is 41.8. The molecule has 4 fully saturated rings. The molecule has 1 aromatic carbocycles. The first-order valence-electron chi connectivity index (χ1n) is 16.5. The van der Waals surface area contributed by atoms with Gasteiger partial charge in [0.15, 0.2) is 0 Å². The molecule has 0 radical (unpaired) electrons. The topological polar surface area (TPSA) is 55.8 Å². The summed E-state index contributed by atoms with van der Waals surface area (Å²) in [4.78, 5) is 33.7. The number of amides is 1. The van der Waals surface area contributed by atoms with Crippen LogP contribution >= 0.6 is 0 Å². The molecule has 2 spiro atoms. The summed E-state index contributed by atoms with van der Waals surface area (Å²) in [6, 6.07) is 9.54. The third-order valence-electron chi connectivity index (χ3n) is 12.9. The van der Waals surface area contributed by atoms with E-state index in [1.807, 2.05) is 30.3 Å². The molecular weight excluding hydrogens is 522 g/mol. The third-order valence-corrected chi connectivity index (χ3v) is 12.9. The Morgan fingerprint density at radius 1 is 0.952 bits per heavy atom. The van der Waals surface area contributed by atoms with E-state index in [0.717, 1.165) is 25.7 Å². The van der Waals surface area contributed by atoms with E-state index in [1.165, 1.54) is 19.8 Å². The molecule has 2 bridgehead atoms. The maximum Gasteiger partial charge on any atom is 0.302 e. The van der Waals surface area contributed by atoms with Crippen molar-refractivity contribution < 1.29 is 19.2 Å². The Kier molecular flexibility index (Phi) is 7.31. The monoisotopic (exact) mass is 573 g/mol. The van der Waals surface area contributed by atoms with E-state index >= 15 is 0 Å². The van der Waals surface area contributed by atoms with Crippen LogP contribution in [0.3, 0.4) is 0 Å². The Morgan fingerprint density at radius 2 is 1.69 bits per heavy atom. The molecule has 0 N–H and O–H groups in total. The van der Waals surface area contributed by atoms with Crippen LogP contribution in [0.15, 0.2) is 54.6 Å². The molecule has 1 aromatic rings. The number of ether oxygens (including phenoxy) is 1. The molecule has 10 atom stereocenters. The average molecular weight is 574 g/mol. The van der Waals surface area contributed by atoms with Crippen molar-refractivity contribution in [3.8, 4) is 0 Å². The predicted molar refractivity (Wildman–Crippen MR) is 165 cm³/mol. The summed E-state index contributed by atoms with van der Waals surface area (Å²) in [5, 5.41) is 1.77. The lowest BCUT2D eigenvalue weighted by Crippen LogP contribution is -2.79. The van der Waals surface area contributed by atoms with E-state index in [9.17, 15) is 9.59 Å². The molecule has 0 aromatic heterocycles. The second-order valence-electron chi connectivity index (χ2n) is 15.2. The number of carbonyl (C=O) groups is 2. The smallest absolute Gasteiger partial charge is 0.302 e. The molecule has 2 aliphatic heterocycles. The van der Waals surface area contributed by atoms with Gasteiger partial charge in [-0.25, -0.2) is 5.06 Å². The quantitative estimate of drug-likeness (QED) is 0.254. The highest BCUT2D eigenvalue weighted by Gasteiger charge is 2.76. The number of fused-ring (bicyclic) bond motifs is 2. The first-order chi connectivity index (χ1) is 19.9. The summed E-state index contributed by atoms with van der Waals surface area (Å²) >= 11 is 0. The first kappa shape index (κ1) is 29.7. The lowest BCUT2D eigenvalue weighted by atomic mass is 9.41. The van der Waals surface area contributed by atoms with E-state index in [-0.39, 0.29) is 28.8 Å². The van der Waals surface area contributed by atoms with Crippen molar-refractivity contribution in [3.63, 3.8) is 0 Å². The molecule has 1 saturated heterocycles. The molecule has 1 unspecified atom stereocenters. The van der Waals surface area contributed by atoms with Crippen LogP contribution in [0.25, 0.3) is 0 Å². The Hall–Kier alpha value is -2.40. The van der Waals surface area contributed by atoms with Gasteiger partial charge < -0.3 is 4.74 Å². The molecule has 2 heterocycles. The number of nitrogens with zero attached hydrogens (tertiary/aromatic N) is 1. The van der Waals surface area contributed by atoms with Gasteiger partial charge in [-0.2, -0.15) is 0 Å². The van der Waals surface area contributed by atoms with Crippen LogP contribution < -0.4 is 0 Å². The molecule has 42 heavy (non-hydrogen) atoms. The summed E-state index contributed by atoms with van der Waals surface area (Å²) in [5.41, 5.74) is -0.557. The molecule has 6 aliphatic rings. The zero-order chi connectivity index (χ0) is 30.1. The molecule has 4 aliphatic carbocycles. The lowest BCUT2D eigenvalue weighted by Gasteiger charge is -2.73. The summed E-state index contributed by atoms with van der Waals surface area (Å²) in [6.07, 6.45) is 16.3. The number of hydrogen-bond acceptors (Lipinski definition) is 4. The van der Waals surface area contributed by atoms with Gasteiger partial charge in [-0.3, -0.25) is 14.4 Å². The van der Waals surface area contributed by atoms with Crippen LogP contribution in [0.1, 0.15) is 104 Å². The van der Waals surface area contributed by atoms with E-state index in [4.69, 9.17) is 9.57 Å². The predicted octanol–water partition coefficient (Wildman–Crippen LogP) is 8.17. The highest BCUT2D eigenvalue weighted by Crippen LogP contribution is 2.73. The van der Waals surface area contributed by atoms with Crippen LogP contribution in [-0.4, -0.2) is 34.2 Å². The number of carbonyl (C=O) groups excluding carboxylic acids is 2. The fourth-order valence-electron chi connectivity index (χ4n) is 10.3. The Labute approximate surface area is 253 Å². The maximum atomic E-state index is 14.4. The van der Waals surface area contributed by atoms with Crippen molar-refractivity contribution in [3.05, 3.63) is 60.2 Å². The summed E-state index contributed by atoms with van der Waals surface area (Å²) in [7, 11) is 0. The standard InChI is InChI=1S/C37H51NO4/c1-24(2)25(3)13-14-26(4)30-15-16-31-34(30,6)19-18-32-35(7)20-17-29(41-27(5)39)23-36(35)21-22-37(31,32)42-38(36)33(40)28-11-9-8-10-12-28/h8-14,21-22,24-26,29-32H,15-20,23H2,1-7H3/b14-13+/t25-,26+,29-,30+,31+,32?,34+,35+,36+,37-/m0/s1. The van der Waals surface area contributed by atoms with Gasteiger partial charge in [0.05, 0.1) is 5.54 Å². The lowest BCUT2D eigenvalue weighted by molar-refractivity contribution is -0.380. The van der Waals surface area contributed by atoms with Gasteiger partial charge >= 0.3 is 5.97 Å². The molecule has 5 heteroatoms. The van der Waals surface area contributed by atoms with Crippen molar-refractivity contribution in [1.82, 2.24) is 5.06 Å². The van der Waals surface area contributed by atoms with Gasteiger partial charge in [0.2, 0.25) is 0 Å². The Morgan fingerprint density at radius 3 is 2.38 bits per heavy atom. The van der Waals surface area contributed by atoms with Crippen LogP contribution in [0.2, 0.25) is 0 Å². The Bertz CT molecular complexity index is 1270. The number of benzene rings is 1. The summed E-state index contributed by atoms with van der Waals surface area (Å²) in [5.74, 6) is 2.61. The second-order valence-corrected chi connectivity index (χ2v) is 15.2. The van der Waals surface area contributed by atoms with Crippen LogP contribution in [0, 0.1) is 46.3 Å². The van der Waals surface area contributed by atoms with E-state index in [2.05, 4.69) is 65.8 Å². The van der Waals surface area contributed by atoms with Gasteiger partial charge in [0, 0.05) is 36.2 Å². The maximum absolute atomic E-state index is 14.4. The highest BCUT2D eigenvalue weighted by molar-refractivity contribution is 5.94. The number of rotatable bonds is 6. The fourth-order valence-corrected chi connectivity index (χ4v) is 10.3. The number of hydrogen-bond donors (Lipinski definition) is 0. The first-order valence-corrected chi connectivity index (χ1v) is 16.5. The van der Waals surface area contributed by atoms with Gasteiger partial charge in [-0.05, 0) is 79.7 Å². The summed E-state index contributed by atoms with van der Waals surface area (Å²) < 4.78 is 5.80. The molecule has 5 nitrogen and oxygen atoms in total. The minimum atomic E-state index is -0.653. The van der Waals surface area contributed by atoms with Gasteiger partial charge in [0.1, 0.15) is 11.7 Å². The minimum absolute atomic E-state index is 0.0896. The number of esters is 1. The van der Waals surface area contributed by atoms with Crippen molar-refractivity contribution in [1.29, 1.82) is 0 Å². The van der Waals surface area contributed by atoms with Crippen molar-refractivity contribution >= 4 is 11.9 Å². The highest BCUT2D eigenvalue weighted by atomic mass is 16.7. The summed E-state index contributed by atoms with van der Waals surface area (Å²) in [6.45, 7) is 15.7. The third kappa shape index (κ3) is 4.19. The van der Waals surface area contributed by atoms with E-state index in [1.54, 1.807) is 5.06 Å². The fraction of sp³-hybridized carbons (Fsp3) is 0.676. The molecular formula is C37H51NO4. The zero-order valence-electron chi connectivity index (χ0n) is 26.8. The van der Waals surface area contributed by atoms with Crippen LogP contribution in [-0.2, 0) is 14.4 Å². The number of hydroxylamine groups is 2. The van der Waals surface area contributed by atoms with Crippen LogP contribution in [0.4, 0.5) is 0 Å². The molecule has 1 amide bonds. The minimum Gasteiger partial charge on any atom is -0.462 e. The number of allylic oxidation sites excluding steroid dienone is 2. The SMILES string of the molecule is CC(=O)O[C@H]1CC[C@]2(C)C3CC[C@]4(C)[C@@H]([C@H](C)/C=C/[C@H](C)C(C)C)CC[C@H]4[C@@]34C=C[C@]2(C1)N(C(=O)c1ccccc1)O4. The van der Waals surface area contributed by atoms with E-state index in [0.29, 0.717) is 47.5 Å². The van der Waals surface area contributed by atoms with Crippen molar-refractivity contribution in [2.24, 2.45) is 46.3 Å². The van der Waals surface area contributed by atoms with E-state index < -0.39 is 11.1 Å². The van der Waals surface area contributed by atoms with Gasteiger partial charge in [-0.15, -0.1) is 0 Å². The molecule has 228 valence electrons.